The van der Waals surface area contributed by atoms with Gasteiger partial charge < -0.3 is 10.6 Å². The van der Waals surface area contributed by atoms with Crippen LogP contribution >= 0.6 is 23.4 Å². The molecular formula is C18H19ClN2OS. The van der Waals surface area contributed by atoms with Crippen molar-refractivity contribution in [1.29, 1.82) is 0 Å². The number of amides is 1. The first-order chi connectivity index (χ1) is 11.2. The van der Waals surface area contributed by atoms with Crippen molar-refractivity contribution < 1.29 is 4.79 Å². The van der Waals surface area contributed by atoms with Crippen molar-refractivity contribution in [2.75, 3.05) is 13.1 Å². The zero-order valence-corrected chi connectivity index (χ0v) is 14.3. The molecule has 0 aliphatic carbocycles. The van der Waals surface area contributed by atoms with Gasteiger partial charge in [-0.15, -0.1) is 11.8 Å². The predicted molar refractivity (Wildman–Crippen MR) is 96.2 cm³/mol. The van der Waals surface area contributed by atoms with Crippen LogP contribution in [-0.4, -0.2) is 25.0 Å². The number of nitrogens with one attached hydrogen (secondary N) is 2. The Morgan fingerprint density at radius 2 is 1.91 bits per heavy atom. The Balaban J connectivity index is 1.53. The molecule has 1 heterocycles. The molecule has 2 aromatic rings. The molecule has 120 valence electrons. The molecule has 1 saturated heterocycles. The molecule has 0 aromatic heterocycles. The number of rotatable bonds is 5. The number of halogens is 1. The lowest BCUT2D eigenvalue weighted by molar-refractivity contribution is 0.0940. The van der Waals surface area contributed by atoms with Gasteiger partial charge in [-0.2, -0.15) is 0 Å². The largest absolute Gasteiger partial charge is 0.348 e. The molecule has 5 heteroatoms. The zero-order chi connectivity index (χ0) is 16.1. The Kier molecular flexibility index (Phi) is 5.60. The normalized spacial score (nSPS) is 17.2. The highest BCUT2D eigenvalue weighted by atomic mass is 35.5. The summed E-state index contributed by atoms with van der Waals surface area (Å²) >= 11 is 7.64. The van der Waals surface area contributed by atoms with Crippen LogP contribution in [0.1, 0.15) is 22.3 Å². The van der Waals surface area contributed by atoms with Crippen molar-refractivity contribution in [3.8, 4) is 0 Å². The molecule has 3 rings (SSSR count). The van der Waals surface area contributed by atoms with E-state index in [0.29, 0.717) is 0 Å². The average molecular weight is 347 g/mol. The minimum atomic E-state index is 0.00982. The van der Waals surface area contributed by atoms with Crippen molar-refractivity contribution in [2.24, 2.45) is 0 Å². The molecule has 1 aliphatic rings. The molecule has 2 aromatic carbocycles. The van der Waals surface area contributed by atoms with E-state index in [4.69, 9.17) is 11.6 Å². The Morgan fingerprint density at radius 3 is 2.57 bits per heavy atom. The van der Waals surface area contributed by atoms with Gasteiger partial charge in [0, 0.05) is 33.8 Å². The van der Waals surface area contributed by atoms with Gasteiger partial charge >= 0.3 is 0 Å². The van der Waals surface area contributed by atoms with Crippen molar-refractivity contribution in [1.82, 2.24) is 10.6 Å². The van der Waals surface area contributed by atoms with Crippen LogP contribution in [0.15, 0.2) is 53.4 Å². The number of hydrogen-bond donors (Lipinski definition) is 2. The van der Waals surface area contributed by atoms with Crippen LogP contribution in [0.2, 0.25) is 5.02 Å². The highest BCUT2D eigenvalue weighted by Gasteiger charge is 2.17. The predicted octanol–water partition coefficient (Wildman–Crippen LogP) is 3.72. The summed E-state index contributed by atoms with van der Waals surface area (Å²) in [6.45, 7) is 1.84. The lowest BCUT2D eigenvalue weighted by Crippen LogP contribution is -2.36. The average Bonchev–Trinajstić information content (AvgIpc) is 3.08. The molecule has 1 fully saturated rings. The maximum Gasteiger partial charge on any atom is 0.251 e. The van der Waals surface area contributed by atoms with Gasteiger partial charge in [-0.05, 0) is 54.9 Å². The quantitative estimate of drug-likeness (QED) is 0.811. The van der Waals surface area contributed by atoms with Gasteiger partial charge in [-0.25, -0.2) is 0 Å². The maximum atomic E-state index is 12.2. The molecular weight excluding hydrogens is 328 g/mol. The first-order valence-electron chi connectivity index (χ1n) is 7.69. The minimum Gasteiger partial charge on any atom is -0.348 e. The van der Waals surface area contributed by atoms with Crippen LogP contribution in [-0.2, 0) is 5.75 Å². The van der Waals surface area contributed by atoms with E-state index in [1.807, 2.05) is 48.5 Å². The summed E-state index contributed by atoms with van der Waals surface area (Å²) in [4.78, 5) is 13.4. The number of hydrogen-bond acceptors (Lipinski definition) is 3. The van der Waals surface area contributed by atoms with Gasteiger partial charge in [0.05, 0.1) is 0 Å². The monoisotopic (exact) mass is 346 g/mol. The highest BCUT2D eigenvalue weighted by Crippen LogP contribution is 2.24. The van der Waals surface area contributed by atoms with Crippen molar-refractivity contribution in [3.05, 3.63) is 64.7 Å². The van der Waals surface area contributed by atoms with E-state index in [9.17, 15) is 4.79 Å². The Labute approximate surface area is 145 Å². The van der Waals surface area contributed by atoms with E-state index in [2.05, 4.69) is 10.6 Å². The van der Waals surface area contributed by atoms with Crippen LogP contribution < -0.4 is 10.6 Å². The molecule has 0 bridgehead atoms. The molecule has 1 unspecified atom stereocenters. The fourth-order valence-corrected chi connectivity index (χ4v) is 3.48. The van der Waals surface area contributed by atoms with Gasteiger partial charge in [0.2, 0.25) is 0 Å². The molecule has 23 heavy (non-hydrogen) atoms. The summed E-state index contributed by atoms with van der Waals surface area (Å²) in [6, 6.07) is 15.9. The third-order valence-electron chi connectivity index (χ3n) is 3.83. The first-order valence-corrected chi connectivity index (χ1v) is 9.06. The van der Waals surface area contributed by atoms with E-state index in [1.54, 1.807) is 11.8 Å². The summed E-state index contributed by atoms with van der Waals surface area (Å²) in [5.41, 5.74) is 1.92. The van der Waals surface area contributed by atoms with Crippen LogP contribution in [0.4, 0.5) is 0 Å². The van der Waals surface area contributed by atoms with E-state index in [0.717, 1.165) is 35.8 Å². The second kappa shape index (κ2) is 7.86. The van der Waals surface area contributed by atoms with E-state index in [-0.39, 0.29) is 11.9 Å². The Morgan fingerprint density at radius 1 is 1.17 bits per heavy atom. The zero-order valence-electron chi connectivity index (χ0n) is 12.7. The summed E-state index contributed by atoms with van der Waals surface area (Å²) in [6.07, 6.45) is 1.00. The number of benzene rings is 2. The molecule has 1 aliphatic heterocycles. The van der Waals surface area contributed by atoms with E-state index in [1.165, 1.54) is 10.5 Å². The van der Waals surface area contributed by atoms with Gasteiger partial charge in [0.15, 0.2) is 0 Å². The number of carbonyl (C=O) groups is 1. The SMILES string of the molecule is O=C(NC1CCNC1)c1ccc(CSc2ccc(Cl)cc2)cc1. The fraction of sp³-hybridized carbons (Fsp3) is 0.278. The smallest absolute Gasteiger partial charge is 0.251 e. The summed E-state index contributed by atoms with van der Waals surface area (Å²) in [5, 5.41) is 7.06. The molecule has 0 radical (unpaired) electrons. The lowest BCUT2D eigenvalue weighted by atomic mass is 10.1. The van der Waals surface area contributed by atoms with Crippen LogP contribution in [0.5, 0.6) is 0 Å². The molecule has 1 amide bonds. The maximum absolute atomic E-state index is 12.2. The van der Waals surface area contributed by atoms with Gasteiger partial charge in [0.25, 0.3) is 5.91 Å². The Hall–Kier alpha value is -1.49. The topological polar surface area (TPSA) is 41.1 Å². The first kappa shape index (κ1) is 16.4. The molecule has 2 N–H and O–H groups in total. The van der Waals surface area contributed by atoms with Gasteiger partial charge in [-0.3, -0.25) is 4.79 Å². The second-order valence-electron chi connectivity index (χ2n) is 5.60. The summed E-state index contributed by atoms with van der Waals surface area (Å²) < 4.78 is 0. The van der Waals surface area contributed by atoms with Gasteiger partial charge in [-0.1, -0.05) is 23.7 Å². The van der Waals surface area contributed by atoms with E-state index < -0.39 is 0 Å². The Bertz CT molecular complexity index is 652. The number of carbonyl (C=O) groups excluding carboxylic acids is 1. The van der Waals surface area contributed by atoms with Crippen LogP contribution in [0.25, 0.3) is 0 Å². The van der Waals surface area contributed by atoms with Crippen molar-refractivity contribution in [3.63, 3.8) is 0 Å². The molecule has 0 saturated carbocycles. The summed E-state index contributed by atoms with van der Waals surface area (Å²) in [5.74, 6) is 0.881. The van der Waals surface area contributed by atoms with Crippen molar-refractivity contribution in [2.45, 2.75) is 23.1 Å². The second-order valence-corrected chi connectivity index (χ2v) is 7.09. The lowest BCUT2D eigenvalue weighted by Gasteiger charge is -2.11. The molecule has 0 spiro atoms. The standard InChI is InChI=1S/C18H19ClN2OS/c19-15-5-7-17(8-6-15)23-12-13-1-3-14(4-2-13)18(22)21-16-9-10-20-11-16/h1-8,16,20H,9-12H2,(H,21,22). The highest BCUT2D eigenvalue weighted by molar-refractivity contribution is 7.98. The van der Waals surface area contributed by atoms with Crippen LogP contribution in [0, 0.1) is 0 Å². The third kappa shape index (κ3) is 4.74. The van der Waals surface area contributed by atoms with Crippen molar-refractivity contribution >= 4 is 29.3 Å². The van der Waals surface area contributed by atoms with Crippen LogP contribution in [0.3, 0.4) is 0 Å². The minimum absolute atomic E-state index is 0.00982. The molecule has 1 atom stereocenters. The third-order valence-corrected chi connectivity index (χ3v) is 5.17. The summed E-state index contributed by atoms with van der Waals surface area (Å²) in [7, 11) is 0. The van der Waals surface area contributed by atoms with E-state index >= 15 is 0 Å². The molecule has 3 nitrogen and oxygen atoms in total. The van der Waals surface area contributed by atoms with Gasteiger partial charge in [0.1, 0.15) is 0 Å². The number of thioether (sulfide) groups is 1. The fourth-order valence-electron chi connectivity index (χ4n) is 2.50.